The van der Waals surface area contributed by atoms with Crippen molar-refractivity contribution in [3.63, 3.8) is 0 Å². The molecule has 2 aromatic rings. The van der Waals surface area contributed by atoms with E-state index in [1.165, 1.54) is 12.1 Å². The fourth-order valence-electron chi connectivity index (χ4n) is 4.02. The molecule has 0 spiro atoms. The summed E-state index contributed by atoms with van der Waals surface area (Å²) in [5, 5.41) is 0. The van der Waals surface area contributed by atoms with Crippen molar-refractivity contribution in [3.05, 3.63) is 54.1 Å². The summed E-state index contributed by atoms with van der Waals surface area (Å²) in [6.07, 6.45) is 4.35. The molecular weight excluding hydrogens is 345 g/mol. The first-order valence-electron chi connectivity index (χ1n) is 9.45. The fourth-order valence-corrected chi connectivity index (χ4v) is 4.02. The van der Waals surface area contributed by atoms with Crippen molar-refractivity contribution in [3.8, 4) is 0 Å². The molecule has 2 atom stereocenters. The van der Waals surface area contributed by atoms with Gasteiger partial charge in [-0.1, -0.05) is 12.1 Å². The van der Waals surface area contributed by atoms with Crippen LogP contribution >= 0.6 is 0 Å². The molecule has 3 heterocycles. The average molecular weight is 369 g/mol. The molecule has 0 saturated carbocycles. The molecule has 6 nitrogen and oxygen atoms in total. The number of halogens is 1. The van der Waals surface area contributed by atoms with E-state index in [4.69, 9.17) is 0 Å². The first-order chi connectivity index (χ1) is 13.1. The number of likely N-dealkylation sites (tertiary alicyclic amines) is 1. The van der Waals surface area contributed by atoms with Crippen molar-refractivity contribution in [2.45, 2.75) is 25.4 Å². The van der Waals surface area contributed by atoms with Crippen molar-refractivity contribution < 1.29 is 9.18 Å². The van der Waals surface area contributed by atoms with Gasteiger partial charge in [0.05, 0.1) is 12.1 Å². The molecule has 2 saturated heterocycles. The second-order valence-electron chi connectivity index (χ2n) is 7.14. The van der Waals surface area contributed by atoms with Gasteiger partial charge in [-0.3, -0.25) is 9.69 Å². The maximum absolute atomic E-state index is 13.2. The van der Waals surface area contributed by atoms with Crippen molar-refractivity contribution >= 4 is 11.9 Å². The van der Waals surface area contributed by atoms with Crippen LogP contribution in [-0.2, 0) is 4.79 Å². The molecule has 2 aliphatic rings. The minimum absolute atomic E-state index is 0.0397. The van der Waals surface area contributed by atoms with E-state index in [0.717, 1.165) is 50.7 Å². The second kappa shape index (κ2) is 7.60. The predicted octanol–water partition coefficient (Wildman–Crippen LogP) is 2.10. The molecule has 27 heavy (non-hydrogen) atoms. The number of aromatic nitrogens is 2. The average Bonchev–Trinajstić information content (AvgIpc) is 3.10. The van der Waals surface area contributed by atoms with Crippen LogP contribution in [0.3, 0.4) is 0 Å². The van der Waals surface area contributed by atoms with Crippen molar-refractivity contribution in [1.82, 2.24) is 19.8 Å². The summed E-state index contributed by atoms with van der Waals surface area (Å²) in [6.45, 7) is 6.05. The Balaban J connectivity index is 1.37. The lowest BCUT2D eigenvalue weighted by molar-refractivity contribution is -0.134. The number of carbonyl (C=O) groups excluding carboxylic acids is 1. The van der Waals surface area contributed by atoms with Crippen LogP contribution in [-0.4, -0.2) is 64.4 Å². The third-order valence-electron chi connectivity index (χ3n) is 5.62. The number of benzene rings is 1. The quantitative estimate of drug-likeness (QED) is 0.826. The van der Waals surface area contributed by atoms with E-state index in [2.05, 4.69) is 19.8 Å². The van der Waals surface area contributed by atoms with Crippen LogP contribution in [0.15, 0.2) is 42.7 Å². The van der Waals surface area contributed by atoms with Gasteiger partial charge in [0.1, 0.15) is 5.82 Å². The third kappa shape index (κ3) is 3.64. The molecule has 1 amide bonds. The van der Waals surface area contributed by atoms with Gasteiger partial charge in [-0.05, 0) is 37.1 Å². The van der Waals surface area contributed by atoms with Crippen LogP contribution in [0.5, 0.6) is 0 Å². The van der Waals surface area contributed by atoms with Crippen LogP contribution in [0, 0.1) is 5.82 Å². The molecule has 0 bridgehead atoms. The Morgan fingerprint density at radius 1 is 1.04 bits per heavy atom. The van der Waals surface area contributed by atoms with Crippen LogP contribution in [0.4, 0.5) is 10.3 Å². The topological polar surface area (TPSA) is 52.6 Å². The summed E-state index contributed by atoms with van der Waals surface area (Å²) in [5.41, 5.74) is 0.969. The Bertz CT molecular complexity index is 777. The van der Waals surface area contributed by atoms with Gasteiger partial charge in [-0.25, -0.2) is 14.4 Å². The Morgan fingerprint density at radius 2 is 1.70 bits per heavy atom. The smallest absolute Gasteiger partial charge is 0.240 e. The highest BCUT2D eigenvalue weighted by Crippen LogP contribution is 2.28. The summed E-state index contributed by atoms with van der Waals surface area (Å²) in [4.78, 5) is 28.0. The summed E-state index contributed by atoms with van der Waals surface area (Å²) in [6, 6.07) is 8.14. The molecule has 142 valence electrons. The van der Waals surface area contributed by atoms with Gasteiger partial charge in [0, 0.05) is 45.1 Å². The lowest BCUT2D eigenvalue weighted by Crippen LogP contribution is -2.53. The maximum atomic E-state index is 13.2. The SMILES string of the molecule is C[C@@H](c1ccc(F)cc1)N1CC[C@H](N2CCN(c3ncccn3)CC2)C1=O. The third-order valence-corrected chi connectivity index (χ3v) is 5.62. The monoisotopic (exact) mass is 369 g/mol. The van der Waals surface area contributed by atoms with Gasteiger partial charge < -0.3 is 9.80 Å². The number of nitrogens with zero attached hydrogens (tertiary/aromatic N) is 5. The van der Waals surface area contributed by atoms with E-state index in [1.807, 2.05) is 17.9 Å². The van der Waals surface area contributed by atoms with Crippen molar-refractivity contribution in [2.75, 3.05) is 37.6 Å². The number of carbonyl (C=O) groups is 1. The van der Waals surface area contributed by atoms with E-state index < -0.39 is 0 Å². The highest BCUT2D eigenvalue weighted by Gasteiger charge is 2.39. The largest absolute Gasteiger partial charge is 0.338 e. The van der Waals surface area contributed by atoms with Crippen LogP contribution in [0.25, 0.3) is 0 Å². The zero-order chi connectivity index (χ0) is 18.8. The molecule has 1 aromatic heterocycles. The number of piperazine rings is 1. The molecule has 0 radical (unpaired) electrons. The molecule has 0 N–H and O–H groups in total. The molecule has 0 aliphatic carbocycles. The molecule has 2 aliphatic heterocycles. The van der Waals surface area contributed by atoms with E-state index in [0.29, 0.717) is 0 Å². The Morgan fingerprint density at radius 3 is 2.37 bits per heavy atom. The summed E-state index contributed by atoms with van der Waals surface area (Å²) in [5.74, 6) is 0.675. The van der Waals surface area contributed by atoms with Crippen molar-refractivity contribution in [1.29, 1.82) is 0 Å². The van der Waals surface area contributed by atoms with Crippen molar-refractivity contribution in [2.24, 2.45) is 0 Å². The summed E-state index contributed by atoms with van der Waals surface area (Å²) >= 11 is 0. The number of hydrogen-bond donors (Lipinski definition) is 0. The Hall–Kier alpha value is -2.54. The number of anilines is 1. The molecule has 7 heteroatoms. The highest BCUT2D eigenvalue weighted by atomic mass is 19.1. The standard InChI is InChI=1S/C20H24FN5O/c1-15(16-3-5-17(21)6-4-16)26-10-7-18(19(26)27)24-11-13-25(14-12-24)20-22-8-2-9-23-20/h2-6,8-9,15,18H,7,10-14H2,1H3/t15-,18-/m0/s1. The molecule has 0 unspecified atom stereocenters. The first kappa shape index (κ1) is 17.9. The molecule has 4 rings (SSSR count). The lowest BCUT2D eigenvalue weighted by Gasteiger charge is -2.37. The number of rotatable bonds is 4. The highest BCUT2D eigenvalue weighted by molar-refractivity contribution is 5.84. The Kier molecular flexibility index (Phi) is 5.03. The second-order valence-corrected chi connectivity index (χ2v) is 7.14. The van der Waals surface area contributed by atoms with Gasteiger partial charge in [0.25, 0.3) is 0 Å². The lowest BCUT2D eigenvalue weighted by atomic mass is 10.1. The fraction of sp³-hybridized carbons (Fsp3) is 0.450. The van der Waals surface area contributed by atoms with Gasteiger partial charge in [-0.15, -0.1) is 0 Å². The van der Waals surface area contributed by atoms with Gasteiger partial charge in [0.2, 0.25) is 11.9 Å². The van der Waals surface area contributed by atoms with E-state index in [1.54, 1.807) is 24.5 Å². The molecule has 1 aromatic carbocycles. The minimum Gasteiger partial charge on any atom is -0.338 e. The number of amides is 1. The van der Waals surface area contributed by atoms with E-state index in [-0.39, 0.29) is 23.8 Å². The number of hydrogen-bond acceptors (Lipinski definition) is 5. The van der Waals surface area contributed by atoms with E-state index >= 15 is 0 Å². The molecule has 2 fully saturated rings. The predicted molar refractivity (Wildman–Crippen MR) is 101 cm³/mol. The van der Waals surface area contributed by atoms with Gasteiger partial charge >= 0.3 is 0 Å². The summed E-state index contributed by atoms with van der Waals surface area (Å²) in [7, 11) is 0. The van der Waals surface area contributed by atoms with Crippen LogP contribution < -0.4 is 4.90 Å². The normalized spacial score (nSPS) is 22.3. The Labute approximate surface area is 158 Å². The van der Waals surface area contributed by atoms with Crippen LogP contribution in [0.2, 0.25) is 0 Å². The summed E-state index contributed by atoms with van der Waals surface area (Å²) < 4.78 is 13.2. The zero-order valence-electron chi connectivity index (χ0n) is 15.5. The first-order valence-corrected chi connectivity index (χ1v) is 9.45. The van der Waals surface area contributed by atoms with E-state index in [9.17, 15) is 9.18 Å². The molecular formula is C20H24FN5O. The minimum atomic E-state index is -0.253. The van der Waals surface area contributed by atoms with Crippen LogP contribution in [0.1, 0.15) is 24.9 Å². The maximum Gasteiger partial charge on any atom is 0.240 e. The zero-order valence-corrected chi connectivity index (χ0v) is 15.5. The van der Waals surface area contributed by atoms with Gasteiger partial charge in [-0.2, -0.15) is 0 Å². The van der Waals surface area contributed by atoms with Gasteiger partial charge in [0.15, 0.2) is 0 Å².